The second-order valence-corrected chi connectivity index (χ2v) is 3.92. The summed E-state index contributed by atoms with van der Waals surface area (Å²) in [7, 11) is 2.85. The fraction of sp³-hybridized carbons (Fsp3) is 0.455. The molecule has 1 amide bonds. The Morgan fingerprint density at radius 3 is 2.67 bits per heavy atom. The van der Waals surface area contributed by atoms with Gasteiger partial charge in [0.05, 0.1) is 13.0 Å². The van der Waals surface area contributed by atoms with E-state index in [9.17, 15) is 14.4 Å². The first-order valence-corrected chi connectivity index (χ1v) is 5.34. The summed E-state index contributed by atoms with van der Waals surface area (Å²) in [5.41, 5.74) is -0.258. The largest absolute Gasteiger partial charge is 0.469 e. The first-order valence-electron chi connectivity index (χ1n) is 5.34. The van der Waals surface area contributed by atoms with Gasteiger partial charge in [0.2, 0.25) is 0 Å². The van der Waals surface area contributed by atoms with Gasteiger partial charge in [-0.1, -0.05) is 6.92 Å². The third kappa shape index (κ3) is 3.41. The van der Waals surface area contributed by atoms with Crippen LogP contribution in [0.4, 0.5) is 0 Å². The van der Waals surface area contributed by atoms with Crippen LogP contribution in [0.5, 0.6) is 0 Å². The molecule has 0 aliphatic carbocycles. The van der Waals surface area contributed by atoms with E-state index in [1.165, 1.54) is 24.1 Å². The zero-order valence-electron chi connectivity index (χ0n) is 10.5. The van der Waals surface area contributed by atoms with Crippen LogP contribution in [0.1, 0.15) is 17.4 Å². The molecule has 1 aromatic rings. The van der Waals surface area contributed by atoms with Crippen LogP contribution in [0.3, 0.4) is 0 Å². The zero-order chi connectivity index (χ0) is 13.7. The Hall–Kier alpha value is -2.18. The molecule has 0 aromatic carbocycles. The highest BCUT2D eigenvalue weighted by Crippen LogP contribution is 2.04. The van der Waals surface area contributed by atoms with E-state index in [0.717, 1.165) is 0 Å². The molecule has 0 bridgehead atoms. The summed E-state index contributed by atoms with van der Waals surface area (Å²) in [6.07, 6.45) is 0. The molecule has 1 unspecified atom stereocenters. The van der Waals surface area contributed by atoms with Crippen LogP contribution in [-0.2, 0) is 9.53 Å². The number of nitrogens with one attached hydrogen (secondary N) is 1. The minimum absolute atomic E-state index is 0.120. The van der Waals surface area contributed by atoms with Gasteiger partial charge in [-0.25, -0.2) is 5.10 Å². The van der Waals surface area contributed by atoms with Gasteiger partial charge in [-0.3, -0.25) is 14.4 Å². The van der Waals surface area contributed by atoms with E-state index in [0.29, 0.717) is 0 Å². The molecular formula is C11H15N3O4. The second-order valence-electron chi connectivity index (χ2n) is 3.92. The monoisotopic (exact) mass is 253 g/mol. The molecule has 0 radical (unpaired) electrons. The molecule has 18 heavy (non-hydrogen) atoms. The van der Waals surface area contributed by atoms with Crippen molar-refractivity contribution in [1.29, 1.82) is 0 Å². The average Bonchev–Trinajstić information content (AvgIpc) is 2.37. The molecule has 1 aromatic heterocycles. The van der Waals surface area contributed by atoms with Crippen molar-refractivity contribution in [2.45, 2.75) is 6.92 Å². The van der Waals surface area contributed by atoms with Crippen molar-refractivity contribution in [3.8, 4) is 0 Å². The Labute approximate surface area is 104 Å². The number of methoxy groups -OCH3 is 1. The van der Waals surface area contributed by atoms with E-state index in [2.05, 4.69) is 14.9 Å². The SMILES string of the molecule is COC(=O)C(C)CN(C)C(=O)c1ccc(=O)[nH]n1. The molecule has 7 nitrogen and oxygen atoms in total. The van der Waals surface area contributed by atoms with E-state index in [4.69, 9.17) is 0 Å². The van der Waals surface area contributed by atoms with Gasteiger partial charge in [-0.2, -0.15) is 5.10 Å². The number of carbonyl (C=O) groups excluding carboxylic acids is 2. The van der Waals surface area contributed by atoms with Crippen LogP contribution in [0.25, 0.3) is 0 Å². The molecule has 1 heterocycles. The summed E-state index contributed by atoms with van der Waals surface area (Å²) in [6.45, 7) is 1.88. The highest BCUT2D eigenvalue weighted by atomic mass is 16.5. The number of ether oxygens (including phenoxy) is 1. The Morgan fingerprint density at radius 2 is 2.17 bits per heavy atom. The van der Waals surface area contributed by atoms with Crippen LogP contribution in [0.2, 0.25) is 0 Å². The molecule has 1 rings (SSSR count). The third-order valence-corrected chi connectivity index (χ3v) is 2.40. The van der Waals surface area contributed by atoms with Gasteiger partial charge in [-0.15, -0.1) is 0 Å². The Balaban J connectivity index is 2.69. The van der Waals surface area contributed by atoms with Gasteiger partial charge in [0.25, 0.3) is 11.5 Å². The molecular weight excluding hydrogens is 238 g/mol. The number of hydrogen-bond acceptors (Lipinski definition) is 5. The fourth-order valence-electron chi connectivity index (χ4n) is 1.43. The Morgan fingerprint density at radius 1 is 1.50 bits per heavy atom. The summed E-state index contributed by atoms with van der Waals surface area (Å²) in [5.74, 6) is -1.18. The van der Waals surface area contributed by atoms with Gasteiger partial charge in [0.1, 0.15) is 5.69 Å². The molecule has 1 atom stereocenters. The minimum atomic E-state index is -0.424. The summed E-state index contributed by atoms with van der Waals surface area (Å²) in [5, 5.41) is 5.80. The predicted molar refractivity (Wildman–Crippen MR) is 63.0 cm³/mol. The van der Waals surface area contributed by atoms with Crippen molar-refractivity contribution >= 4 is 11.9 Å². The maximum atomic E-state index is 11.9. The van der Waals surface area contributed by atoms with Crippen molar-refractivity contribution < 1.29 is 14.3 Å². The molecule has 0 fully saturated rings. The van der Waals surface area contributed by atoms with Crippen molar-refractivity contribution in [2.24, 2.45) is 5.92 Å². The smallest absolute Gasteiger partial charge is 0.310 e. The lowest BCUT2D eigenvalue weighted by atomic mass is 10.1. The molecule has 0 aliphatic heterocycles. The number of hydrogen-bond donors (Lipinski definition) is 1. The van der Waals surface area contributed by atoms with Crippen LogP contribution in [0.15, 0.2) is 16.9 Å². The Bertz CT molecular complexity index is 477. The number of nitrogens with zero attached hydrogens (tertiary/aromatic N) is 2. The Kier molecular flexibility index (Phi) is 4.59. The lowest BCUT2D eigenvalue weighted by molar-refractivity contribution is -0.145. The molecule has 98 valence electrons. The lowest BCUT2D eigenvalue weighted by Crippen LogP contribution is -2.35. The second kappa shape index (κ2) is 5.95. The number of rotatable bonds is 4. The quantitative estimate of drug-likeness (QED) is 0.740. The molecule has 0 aliphatic rings. The minimum Gasteiger partial charge on any atom is -0.469 e. The molecule has 7 heteroatoms. The van der Waals surface area contributed by atoms with E-state index < -0.39 is 5.92 Å². The van der Waals surface area contributed by atoms with Crippen molar-refractivity contribution in [3.63, 3.8) is 0 Å². The van der Waals surface area contributed by atoms with Crippen LogP contribution < -0.4 is 5.56 Å². The number of aromatic nitrogens is 2. The van der Waals surface area contributed by atoms with Crippen LogP contribution in [0, 0.1) is 5.92 Å². The summed E-state index contributed by atoms with van der Waals surface area (Å²) in [6, 6.07) is 2.55. The van der Waals surface area contributed by atoms with Crippen molar-refractivity contribution in [2.75, 3.05) is 20.7 Å². The topological polar surface area (TPSA) is 92.4 Å². The standard InChI is InChI=1S/C11H15N3O4/c1-7(11(17)18-3)6-14(2)10(16)8-4-5-9(15)13-12-8/h4-5,7H,6H2,1-3H3,(H,13,15). The number of esters is 1. The first kappa shape index (κ1) is 13.9. The zero-order valence-corrected chi connectivity index (χ0v) is 10.5. The molecule has 0 saturated heterocycles. The van der Waals surface area contributed by atoms with Gasteiger partial charge in [-0.05, 0) is 6.07 Å². The maximum Gasteiger partial charge on any atom is 0.310 e. The van der Waals surface area contributed by atoms with Gasteiger partial charge < -0.3 is 9.64 Å². The molecule has 0 saturated carbocycles. The van der Waals surface area contributed by atoms with Gasteiger partial charge in [0.15, 0.2) is 0 Å². The highest BCUT2D eigenvalue weighted by molar-refractivity contribution is 5.92. The molecule has 0 spiro atoms. The maximum absolute atomic E-state index is 11.9. The fourth-order valence-corrected chi connectivity index (χ4v) is 1.43. The van der Waals surface area contributed by atoms with Gasteiger partial charge in [0, 0.05) is 19.7 Å². The van der Waals surface area contributed by atoms with Gasteiger partial charge >= 0.3 is 5.97 Å². The summed E-state index contributed by atoms with van der Waals surface area (Å²) < 4.78 is 4.57. The van der Waals surface area contributed by atoms with E-state index in [1.807, 2.05) is 0 Å². The number of amides is 1. The normalized spacial score (nSPS) is 11.7. The lowest BCUT2D eigenvalue weighted by Gasteiger charge is -2.19. The van der Waals surface area contributed by atoms with Crippen LogP contribution >= 0.6 is 0 Å². The van der Waals surface area contributed by atoms with Crippen molar-refractivity contribution in [3.05, 3.63) is 28.2 Å². The van der Waals surface area contributed by atoms with E-state index >= 15 is 0 Å². The van der Waals surface area contributed by atoms with E-state index in [1.54, 1.807) is 14.0 Å². The number of aromatic amines is 1. The number of carbonyl (C=O) groups is 2. The average molecular weight is 253 g/mol. The summed E-state index contributed by atoms with van der Waals surface area (Å²) >= 11 is 0. The van der Waals surface area contributed by atoms with E-state index in [-0.39, 0.29) is 29.7 Å². The summed E-state index contributed by atoms with van der Waals surface area (Å²) in [4.78, 5) is 35.3. The first-order chi connectivity index (χ1) is 8.45. The van der Waals surface area contributed by atoms with Crippen molar-refractivity contribution in [1.82, 2.24) is 15.1 Å². The third-order valence-electron chi connectivity index (χ3n) is 2.40. The molecule has 1 N–H and O–H groups in total. The predicted octanol–water partition coefficient (Wildman–Crippen LogP) is -0.349. The van der Waals surface area contributed by atoms with Crippen LogP contribution in [-0.4, -0.2) is 47.7 Å². The number of H-pyrrole nitrogens is 1. The highest BCUT2D eigenvalue weighted by Gasteiger charge is 2.20.